The third-order valence-corrected chi connectivity index (χ3v) is 2.72. The van der Waals surface area contributed by atoms with Crippen molar-refractivity contribution in [2.75, 3.05) is 0 Å². The van der Waals surface area contributed by atoms with Crippen molar-refractivity contribution in [3.8, 4) is 0 Å². The molecule has 0 aromatic carbocycles. The van der Waals surface area contributed by atoms with Crippen molar-refractivity contribution in [3.63, 3.8) is 0 Å². The van der Waals surface area contributed by atoms with Crippen LogP contribution in [0.4, 0.5) is 0 Å². The van der Waals surface area contributed by atoms with Gasteiger partial charge in [0.2, 0.25) is 0 Å². The van der Waals surface area contributed by atoms with Gasteiger partial charge < -0.3 is 9.72 Å². The minimum absolute atomic E-state index is 0.501. The summed E-state index contributed by atoms with van der Waals surface area (Å²) in [6.45, 7) is 9.34. The van der Waals surface area contributed by atoms with E-state index < -0.39 is 0 Å². The van der Waals surface area contributed by atoms with Gasteiger partial charge in [0.05, 0.1) is 0 Å². The molecule has 3 nitrogen and oxygen atoms in total. The third kappa shape index (κ3) is 2.09. The Labute approximate surface area is 96.5 Å². The molecule has 0 amide bonds. The molecule has 2 heterocycles. The van der Waals surface area contributed by atoms with E-state index in [2.05, 4.69) is 53.8 Å². The average Bonchev–Trinajstić information content (AvgIpc) is 2.58. The molecule has 0 aliphatic rings. The predicted molar refractivity (Wildman–Crippen MR) is 66.6 cm³/mol. The van der Waals surface area contributed by atoms with Crippen molar-refractivity contribution in [1.29, 1.82) is 0 Å². The molecule has 0 aliphatic heterocycles. The number of hydrogen-bond acceptors (Lipinski definition) is 2. The Balaban J connectivity index is 2.40. The lowest BCUT2D eigenvalue weighted by atomic mass is 10.3. The van der Waals surface area contributed by atoms with Gasteiger partial charge in [0.1, 0.15) is 5.65 Å². The van der Waals surface area contributed by atoms with Crippen LogP contribution in [-0.4, -0.2) is 15.4 Å². The largest absolute Gasteiger partial charge is 0.310 e. The number of rotatable bonds is 3. The summed E-state index contributed by atoms with van der Waals surface area (Å²) in [5.41, 5.74) is 4.65. The van der Waals surface area contributed by atoms with Crippen LogP contribution >= 0.6 is 0 Å². The highest BCUT2D eigenvalue weighted by molar-refractivity contribution is 5.50. The van der Waals surface area contributed by atoms with E-state index in [1.165, 1.54) is 11.3 Å². The van der Waals surface area contributed by atoms with Gasteiger partial charge in [-0.25, -0.2) is 4.98 Å². The van der Waals surface area contributed by atoms with Crippen molar-refractivity contribution in [2.24, 2.45) is 0 Å². The van der Waals surface area contributed by atoms with Crippen LogP contribution in [-0.2, 0) is 6.54 Å². The zero-order valence-electron chi connectivity index (χ0n) is 10.4. The van der Waals surface area contributed by atoms with Gasteiger partial charge in [-0.05, 0) is 26.0 Å². The smallest absolute Gasteiger partial charge is 0.141 e. The monoisotopic (exact) mass is 217 g/mol. The summed E-state index contributed by atoms with van der Waals surface area (Å²) >= 11 is 0. The molecular formula is C13H19N3. The Morgan fingerprint density at radius 3 is 2.81 bits per heavy atom. The molecule has 0 unspecified atom stereocenters. The minimum atomic E-state index is 0.501. The Kier molecular flexibility index (Phi) is 2.97. The summed E-state index contributed by atoms with van der Waals surface area (Å²) < 4.78 is 2.14. The highest BCUT2D eigenvalue weighted by atomic mass is 15.0. The first-order valence-electron chi connectivity index (χ1n) is 5.75. The predicted octanol–water partition coefficient (Wildman–Crippen LogP) is 2.45. The SMILES string of the molecule is Cc1cc(C)n2ccc(CNC(C)C)c2n1. The number of nitrogens with zero attached hydrogens (tertiary/aromatic N) is 2. The van der Waals surface area contributed by atoms with Crippen LogP contribution in [0.1, 0.15) is 30.8 Å². The van der Waals surface area contributed by atoms with E-state index in [4.69, 9.17) is 0 Å². The normalized spacial score (nSPS) is 11.6. The topological polar surface area (TPSA) is 29.3 Å². The van der Waals surface area contributed by atoms with Crippen LogP contribution < -0.4 is 5.32 Å². The molecule has 0 aliphatic carbocycles. The van der Waals surface area contributed by atoms with E-state index in [-0.39, 0.29) is 0 Å². The van der Waals surface area contributed by atoms with E-state index in [1.54, 1.807) is 0 Å². The van der Waals surface area contributed by atoms with Crippen molar-refractivity contribution in [3.05, 3.63) is 35.3 Å². The van der Waals surface area contributed by atoms with Gasteiger partial charge in [-0.1, -0.05) is 13.8 Å². The van der Waals surface area contributed by atoms with Gasteiger partial charge >= 0.3 is 0 Å². The maximum Gasteiger partial charge on any atom is 0.141 e. The fourth-order valence-corrected chi connectivity index (χ4v) is 1.90. The van der Waals surface area contributed by atoms with Crippen molar-refractivity contribution in [1.82, 2.24) is 14.7 Å². The van der Waals surface area contributed by atoms with Crippen molar-refractivity contribution >= 4 is 5.65 Å². The third-order valence-electron chi connectivity index (χ3n) is 2.72. The average molecular weight is 217 g/mol. The Hall–Kier alpha value is -1.35. The van der Waals surface area contributed by atoms with E-state index in [1.807, 2.05) is 6.92 Å². The van der Waals surface area contributed by atoms with Crippen LogP contribution in [0.5, 0.6) is 0 Å². The lowest BCUT2D eigenvalue weighted by Crippen LogP contribution is -2.21. The molecule has 0 fully saturated rings. The van der Waals surface area contributed by atoms with Crippen LogP contribution in [0.2, 0.25) is 0 Å². The molecule has 86 valence electrons. The minimum Gasteiger partial charge on any atom is -0.310 e. The number of fused-ring (bicyclic) bond motifs is 1. The quantitative estimate of drug-likeness (QED) is 0.855. The Morgan fingerprint density at radius 1 is 1.38 bits per heavy atom. The molecule has 2 aromatic rings. The molecule has 0 saturated heterocycles. The lowest BCUT2D eigenvalue weighted by Gasteiger charge is -2.08. The molecular weight excluding hydrogens is 198 g/mol. The number of nitrogens with one attached hydrogen (secondary N) is 1. The van der Waals surface area contributed by atoms with E-state index in [9.17, 15) is 0 Å². The fourth-order valence-electron chi connectivity index (χ4n) is 1.90. The summed E-state index contributed by atoms with van der Waals surface area (Å²) in [4.78, 5) is 4.60. The molecule has 0 radical (unpaired) electrons. The maximum absolute atomic E-state index is 4.60. The first-order chi connectivity index (χ1) is 7.58. The molecule has 0 saturated carbocycles. The highest BCUT2D eigenvalue weighted by Gasteiger charge is 2.06. The van der Waals surface area contributed by atoms with E-state index in [0.29, 0.717) is 6.04 Å². The number of aryl methyl sites for hydroxylation is 2. The van der Waals surface area contributed by atoms with Gasteiger partial charge in [0.15, 0.2) is 0 Å². The summed E-state index contributed by atoms with van der Waals surface area (Å²) in [6.07, 6.45) is 2.09. The Morgan fingerprint density at radius 2 is 2.12 bits per heavy atom. The zero-order chi connectivity index (χ0) is 11.7. The molecule has 2 aromatic heterocycles. The van der Waals surface area contributed by atoms with Crippen LogP contribution in [0.3, 0.4) is 0 Å². The lowest BCUT2D eigenvalue weighted by molar-refractivity contribution is 0.590. The summed E-state index contributed by atoms with van der Waals surface area (Å²) in [6, 6.07) is 4.75. The van der Waals surface area contributed by atoms with Crippen LogP contribution in [0.25, 0.3) is 5.65 Å². The first-order valence-corrected chi connectivity index (χ1v) is 5.75. The van der Waals surface area contributed by atoms with Crippen molar-refractivity contribution in [2.45, 2.75) is 40.3 Å². The standard InChI is InChI=1S/C13H19N3/c1-9(2)14-8-12-5-6-16-11(4)7-10(3)15-13(12)16/h5-7,9,14H,8H2,1-4H3. The van der Waals surface area contributed by atoms with E-state index >= 15 is 0 Å². The second-order valence-electron chi connectivity index (χ2n) is 4.61. The summed E-state index contributed by atoms with van der Waals surface area (Å²) in [5.74, 6) is 0. The van der Waals surface area contributed by atoms with Crippen molar-refractivity contribution < 1.29 is 0 Å². The fraction of sp³-hybridized carbons (Fsp3) is 0.462. The van der Waals surface area contributed by atoms with Gasteiger partial charge in [0.25, 0.3) is 0 Å². The van der Waals surface area contributed by atoms with Gasteiger partial charge in [0, 0.05) is 35.7 Å². The molecule has 1 N–H and O–H groups in total. The zero-order valence-corrected chi connectivity index (χ0v) is 10.4. The Bertz CT molecular complexity index is 497. The number of aromatic nitrogens is 2. The molecule has 0 bridgehead atoms. The van der Waals surface area contributed by atoms with Crippen LogP contribution in [0.15, 0.2) is 18.3 Å². The second-order valence-corrected chi connectivity index (χ2v) is 4.61. The number of hydrogen-bond donors (Lipinski definition) is 1. The van der Waals surface area contributed by atoms with Gasteiger partial charge in [-0.2, -0.15) is 0 Å². The molecule has 0 spiro atoms. The van der Waals surface area contributed by atoms with Crippen LogP contribution in [0, 0.1) is 13.8 Å². The highest BCUT2D eigenvalue weighted by Crippen LogP contribution is 2.13. The summed E-state index contributed by atoms with van der Waals surface area (Å²) in [5, 5.41) is 3.43. The van der Waals surface area contributed by atoms with E-state index in [0.717, 1.165) is 17.9 Å². The van der Waals surface area contributed by atoms with Gasteiger partial charge in [-0.3, -0.25) is 0 Å². The molecule has 2 rings (SSSR count). The van der Waals surface area contributed by atoms with Gasteiger partial charge in [-0.15, -0.1) is 0 Å². The summed E-state index contributed by atoms with van der Waals surface area (Å²) in [7, 11) is 0. The second kappa shape index (κ2) is 4.26. The first kappa shape index (κ1) is 11.1. The molecule has 0 atom stereocenters. The molecule has 3 heteroatoms. The maximum atomic E-state index is 4.60. The molecule has 16 heavy (non-hydrogen) atoms.